The fourth-order valence-electron chi connectivity index (χ4n) is 1.33. The second-order valence-electron chi connectivity index (χ2n) is 2.87. The van der Waals surface area contributed by atoms with Crippen molar-refractivity contribution in [2.24, 2.45) is 0 Å². The third-order valence-electron chi connectivity index (χ3n) is 2.02. The second kappa shape index (κ2) is 3.89. The molecule has 0 aromatic carbocycles. The third kappa shape index (κ3) is 1.97. The van der Waals surface area contributed by atoms with Crippen LogP contribution in [0.5, 0.6) is 0 Å². The number of piperidine rings is 1. The SMILES string of the molecule is CN1CCCCC1=C(Br)[N+](=O)[O-]. The Morgan fingerprint density at radius 1 is 1.67 bits per heavy atom. The van der Waals surface area contributed by atoms with Crippen molar-refractivity contribution in [1.29, 1.82) is 0 Å². The van der Waals surface area contributed by atoms with Crippen LogP contribution in [-0.4, -0.2) is 23.4 Å². The van der Waals surface area contributed by atoms with Crippen LogP contribution in [0.2, 0.25) is 0 Å². The first-order valence-corrected chi connectivity index (χ1v) is 4.66. The third-order valence-corrected chi connectivity index (χ3v) is 2.76. The van der Waals surface area contributed by atoms with Gasteiger partial charge in [-0.05, 0) is 19.3 Å². The van der Waals surface area contributed by atoms with Crippen molar-refractivity contribution in [3.8, 4) is 0 Å². The van der Waals surface area contributed by atoms with Gasteiger partial charge in [0.2, 0.25) is 0 Å². The van der Waals surface area contributed by atoms with Crippen LogP contribution in [0.1, 0.15) is 19.3 Å². The topological polar surface area (TPSA) is 46.4 Å². The molecule has 0 amide bonds. The Balaban J connectivity index is 2.82. The summed E-state index contributed by atoms with van der Waals surface area (Å²) in [5.74, 6) is 0. The molecule has 1 rings (SSSR count). The minimum absolute atomic E-state index is 0.115. The van der Waals surface area contributed by atoms with Crippen LogP contribution in [0.3, 0.4) is 0 Å². The molecule has 1 saturated heterocycles. The first kappa shape index (κ1) is 9.51. The standard InChI is InChI=1S/C7H11BrN2O2/c1-9-5-3-2-4-6(9)7(8)10(11)12/h2-5H2,1H3. The Labute approximate surface area is 79.5 Å². The summed E-state index contributed by atoms with van der Waals surface area (Å²) in [5, 5.41) is 10.4. The minimum Gasteiger partial charge on any atom is -0.372 e. The first-order valence-electron chi connectivity index (χ1n) is 3.87. The van der Waals surface area contributed by atoms with E-state index >= 15 is 0 Å². The van der Waals surface area contributed by atoms with Gasteiger partial charge in [-0.2, -0.15) is 0 Å². The highest BCUT2D eigenvalue weighted by Gasteiger charge is 2.21. The molecule has 5 heteroatoms. The van der Waals surface area contributed by atoms with E-state index in [1.54, 1.807) is 0 Å². The number of nitro groups is 1. The average molecular weight is 235 g/mol. The summed E-state index contributed by atoms with van der Waals surface area (Å²) in [5.41, 5.74) is 0.811. The van der Waals surface area contributed by atoms with Gasteiger partial charge in [0.05, 0.1) is 10.6 Å². The van der Waals surface area contributed by atoms with Crippen LogP contribution in [-0.2, 0) is 0 Å². The Morgan fingerprint density at radius 3 is 2.83 bits per heavy atom. The predicted octanol–water partition coefficient (Wildman–Crippen LogP) is 1.94. The Kier molecular flexibility index (Phi) is 3.08. The molecule has 0 aromatic rings. The van der Waals surface area contributed by atoms with Crippen LogP contribution in [0.15, 0.2) is 10.3 Å². The molecule has 0 aliphatic carbocycles. The molecule has 1 aliphatic heterocycles. The number of hydrogen-bond acceptors (Lipinski definition) is 3. The summed E-state index contributed by atoms with van der Waals surface area (Å²) < 4.78 is 0.115. The average Bonchev–Trinajstić information content (AvgIpc) is 2.04. The summed E-state index contributed by atoms with van der Waals surface area (Å²) in [6.45, 7) is 0.915. The molecule has 1 aliphatic rings. The molecule has 12 heavy (non-hydrogen) atoms. The van der Waals surface area contributed by atoms with Crippen molar-refractivity contribution in [2.45, 2.75) is 19.3 Å². The highest BCUT2D eigenvalue weighted by molar-refractivity contribution is 9.11. The van der Waals surface area contributed by atoms with Crippen molar-refractivity contribution in [2.75, 3.05) is 13.6 Å². The molecule has 0 atom stereocenters. The lowest BCUT2D eigenvalue weighted by atomic mass is 10.1. The van der Waals surface area contributed by atoms with Gasteiger partial charge >= 0.3 is 4.61 Å². The summed E-state index contributed by atoms with van der Waals surface area (Å²) in [7, 11) is 1.89. The summed E-state index contributed by atoms with van der Waals surface area (Å²) in [4.78, 5) is 12.0. The van der Waals surface area contributed by atoms with Gasteiger partial charge in [0, 0.05) is 29.5 Å². The fraction of sp³-hybridized carbons (Fsp3) is 0.714. The molecule has 0 radical (unpaired) electrons. The zero-order chi connectivity index (χ0) is 9.14. The molecule has 68 valence electrons. The van der Waals surface area contributed by atoms with E-state index in [2.05, 4.69) is 15.9 Å². The van der Waals surface area contributed by atoms with Gasteiger partial charge in [-0.3, -0.25) is 10.1 Å². The number of rotatable bonds is 1. The predicted molar refractivity (Wildman–Crippen MR) is 49.4 cm³/mol. The number of hydrogen-bond donors (Lipinski definition) is 0. The fourth-order valence-corrected chi connectivity index (χ4v) is 1.83. The highest BCUT2D eigenvalue weighted by atomic mass is 79.9. The van der Waals surface area contributed by atoms with Gasteiger partial charge in [0.1, 0.15) is 0 Å². The Morgan fingerprint density at radius 2 is 2.33 bits per heavy atom. The van der Waals surface area contributed by atoms with Crippen LogP contribution < -0.4 is 0 Å². The molecule has 1 heterocycles. The normalized spacial score (nSPS) is 22.3. The highest BCUT2D eigenvalue weighted by Crippen LogP contribution is 2.24. The van der Waals surface area contributed by atoms with E-state index in [9.17, 15) is 10.1 Å². The number of allylic oxidation sites excluding steroid dienone is 1. The van der Waals surface area contributed by atoms with E-state index in [0.29, 0.717) is 0 Å². The summed E-state index contributed by atoms with van der Waals surface area (Å²) in [6.07, 6.45) is 2.97. The molecule has 0 aromatic heterocycles. The second-order valence-corrected chi connectivity index (χ2v) is 3.62. The van der Waals surface area contributed by atoms with Gasteiger partial charge in [-0.1, -0.05) is 0 Å². The molecule has 0 spiro atoms. The van der Waals surface area contributed by atoms with Crippen LogP contribution in [0.25, 0.3) is 0 Å². The molecule has 1 fully saturated rings. The Hall–Kier alpha value is -0.580. The molecular formula is C7H11BrN2O2. The molecule has 0 unspecified atom stereocenters. The van der Waals surface area contributed by atoms with Crippen molar-refractivity contribution >= 4 is 15.9 Å². The lowest BCUT2D eigenvalue weighted by Crippen LogP contribution is -2.25. The van der Waals surface area contributed by atoms with Crippen molar-refractivity contribution < 1.29 is 4.92 Å². The number of nitrogens with zero attached hydrogens (tertiary/aromatic N) is 2. The lowest BCUT2D eigenvalue weighted by Gasteiger charge is -2.25. The molecule has 0 bridgehead atoms. The van der Waals surface area contributed by atoms with Gasteiger partial charge < -0.3 is 4.90 Å². The van der Waals surface area contributed by atoms with Crippen molar-refractivity contribution in [3.63, 3.8) is 0 Å². The summed E-state index contributed by atoms with van der Waals surface area (Å²) in [6, 6.07) is 0. The molecular weight excluding hydrogens is 224 g/mol. The van der Waals surface area contributed by atoms with Crippen molar-refractivity contribution in [1.82, 2.24) is 4.90 Å². The maximum Gasteiger partial charge on any atom is 0.329 e. The van der Waals surface area contributed by atoms with Gasteiger partial charge in [-0.15, -0.1) is 0 Å². The minimum atomic E-state index is -0.378. The van der Waals surface area contributed by atoms with Crippen LogP contribution in [0.4, 0.5) is 0 Å². The zero-order valence-corrected chi connectivity index (χ0v) is 8.50. The number of halogens is 1. The smallest absolute Gasteiger partial charge is 0.329 e. The monoisotopic (exact) mass is 234 g/mol. The molecule has 0 saturated carbocycles. The van der Waals surface area contributed by atoms with Crippen molar-refractivity contribution in [3.05, 3.63) is 20.4 Å². The van der Waals surface area contributed by atoms with E-state index in [-0.39, 0.29) is 9.53 Å². The van der Waals surface area contributed by atoms with Gasteiger partial charge in [0.15, 0.2) is 0 Å². The molecule has 0 N–H and O–H groups in total. The quantitative estimate of drug-likeness (QED) is 0.396. The maximum absolute atomic E-state index is 10.4. The van der Waals surface area contributed by atoms with E-state index in [1.165, 1.54) is 0 Å². The molecule has 4 nitrogen and oxygen atoms in total. The summed E-state index contributed by atoms with van der Waals surface area (Å²) >= 11 is 2.98. The van der Waals surface area contributed by atoms with E-state index in [0.717, 1.165) is 31.5 Å². The lowest BCUT2D eigenvalue weighted by molar-refractivity contribution is -0.411. The maximum atomic E-state index is 10.4. The van der Waals surface area contributed by atoms with E-state index < -0.39 is 0 Å². The van der Waals surface area contributed by atoms with Gasteiger partial charge in [-0.25, -0.2) is 0 Å². The van der Waals surface area contributed by atoms with E-state index in [4.69, 9.17) is 0 Å². The van der Waals surface area contributed by atoms with Crippen LogP contribution >= 0.6 is 15.9 Å². The Bertz CT molecular complexity index is 227. The van der Waals surface area contributed by atoms with E-state index in [1.807, 2.05) is 11.9 Å². The van der Waals surface area contributed by atoms with Gasteiger partial charge in [0.25, 0.3) is 0 Å². The van der Waals surface area contributed by atoms with Crippen LogP contribution in [0, 0.1) is 10.1 Å². The number of likely N-dealkylation sites (tertiary alicyclic amines) is 1. The zero-order valence-electron chi connectivity index (χ0n) is 6.92. The first-order chi connectivity index (χ1) is 5.63. The largest absolute Gasteiger partial charge is 0.372 e.